The summed E-state index contributed by atoms with van der Waals surface area (Å²) in [5.41, 5.74) is 18.3. The molecule has 0 amide bonds. The van der Waals surface area contributed by atoms with Crippen molar-refractivity contribution in [1.29, 1.82) is 0 Å². The summed E-state index contributed by atoms with van der Waals surface area (Å²) in [7, 11) is 0. The maximum Gasteiger partial charge on any atom is 0.0587 e. The third-order valence-electron chi connectivity index (χ3n) is 11.2. The molecule has 2 heteroatoms. The summed E-state index contributed by atoms with van der Waals surface area (Å²) in [4.78, 5) is 0. The van der Waals surface area contributed by atoms with Crippen molar-refractivity contribution in [2.75, 3.05) is 0 Å². The Labute approximate surface area is 300 Å². The molecule has 6 aromatic carbocycles. The molecule has 0 saturated heterocycles. The lowest BCUT2D eigenvalue weighted by atomic mass is 9.84. The van der Waals surface area contributed by atoms with Crippen LogP contribution in [0.4, 0.5) is 0 Å². The molecule has 0 spiro atoms. The van der Waals surface area contributed by atoms with Gasteiger partial charge in [-0.3, -0.25) is 10.6 Å². The van der Waals surface area contributed by atoms with Crippen LogP contribution < -0.4 is 10.6 Å². The third kappa shape index (κ3) is 7.24. The molecule has 2 atom stereocenters. The molecule has 0 aliphatic heterocycles. The fraction of sp³-hybridized carbons (Fsp3) is 0.250. The minimum Gasteiger partial charge on any atom is -0.298 e. The zero-order valence-corrected chi connectivity index (χ0v) is 31.0. The highest BCUT2D eigenvalue weighted by Gasteiger charge is 2.33. The highest BCUT2D eigenvalue weighted by Crippen LogP contribution is 2.40. The van der Waals surface area contributed by atoms with Gasteiger partial charge in [-0.25, -0.2) is 0 Å². The number of rotatable bonds is 11. The lowest BCUT2D eigenvalue weighted by Gasteiger charge is -2.38. The standard InChI is InChI=1S/C48H52N2/c1-31-19-15-27-41(35(31)5)47(42-28-16-20-32(2)36(42)6)49-45(39-23-11-9-12-24-39)46(40-25-13-10-14-26-40)50-48(43-29-17-21-33(3)37(43)7)44-30-18-22-34(4)38(44)8/h9-30,45-50H,1-8H3/t45-,46-/m0/s1. The van der Waals surface area contributed by atoms with Crippen LogP contribution in [-0.2, 0) is 0 Å². The summed E-state index contributed by atoms with van der Waals surface area (Å²) >= 11 is 0. The summed E-state index contributed by atoms with van der Waals surface area (Å²) in [6.07, 6.45) is 0. The molecular formula is C48H52N2. The van der Waals surface area contributed by atoms with Crippen LogP contribution in [0.2, 0.25) is 0 Å². The van der Waals surface area contributed by atoms with Gasteiger partial charge in [0, 0.05) is 0 Å². The fourth-order valence-electron chi connectivity index (χ4n) is 7.49. The van der Waals surface area contributed by atoms with E-state index < -0.39 is 0 Å². The van der Waals surface area contributed by atoms with Gasteiger partial charge in [0.2, 0.25) is 0 Å². The summed E-state index contributed by atoms with van der Waals surface area (Å²) in [6.45, 7) is 18.0. The van der Waals surface area contributed by atoms with Gasteiger partial charge in [0.25, 0.3) is 0 Å². The third-order valence-corrected chi connectivity index (χ3v) is 11.2. The highest BCUT2D eigenvalue weighted by molar-refractivity contribution is 5.48. The number of aryl methyl sites for hydroxylation is 4. The van der Waals surface area contributed by atoms with E-state index in [0.29, 0.717) is 0 Å². The Balaban J connectivity index is 1.59. The molecule has 2 nitrogen and oxygen atoms in total. The van der Waals surface area contributed by atoms with Crippen LogP contribution in [0, 0.1) is 55.4 Å². The first-order valence-corrected chi connectivity index (χ1v) is 18.0. The van der Waals surface area contributed by atoms with Crippen LogP contribution in [0.3, 0.4) is 0 Å². The molecule has 2 N–H and O–H groups in total. The molecule has 0 saturated carbocycles. The van der Waals surface area contributed by atoms with Crippen LogP contribution in [-0.4, -0.2) is 0 Å². The van der Waals surface area contributed by atoms with Crippen molar-refractivity contribution in [2.24, 2.45) is 0 Å². The molecule has 50 heavy (non-hydrogen) atoms. The van der Waals surface area contributed by atoms with E-state index in [2.05, 4.69) is 199 Å². The average Bonchev–Trinajstić information content (AvgIpc) is 3.13. The van der Waals surface area contributed by atoms with Crippen LogP contribution in [0.15, 0.2) is 133 Å². The monoisotopic (exact) mass is 656 g/mol. The maximum absolute atomic E-state index is 4.34. The minimum atomic E-state index is -0.0823. The second-order valence-electron chi connectivity index (χ2n) is 14.1. The van der Waals surface area contributed by atoms with Gasteiger partial charge in [-0.15, -0.1) is 0 Å². The molecule has 0 unspecified atom stereocenters. The zero-order chi connectivity index (χ0) is 35.4. The highest BCUT2D eigenvalue weighted by atomic mass is 15.1. The molecule has 0 radical (unpaired) electrons. The topological polar surface area (TPSA) is 24.1 Å². The van der Waals surface area contributed by atoms with E-state index in [-0.39, 0.29) is 24.2 Å². The minimum absolute atomic E-state index is 0.0344. The lowest BCUT2D eigenvalue weighted by Crippen LogP contribution is -2.40. The number of hydrogen-bond donors (Lipinski definition) is 2. The molecule has 6 aromatic rings. The predicted molar refractivity (Wildman–Crippen MR) is 212 cm³/mol. The fourth-order valence-corrected chi connectivity index (χ4v) is 7.49. The summed E-state index contributed by atoms with van der Waals surface area (Å²) in [5.74, 6) is 0. The summed E-state index contributed by atoms with van der Waals surface area (Å²) < 4.78 is 0. The number of nitrogens with one attached hydrogen (secondary N) is 2. The quantitative estimate of drug-likeness (QED) is 0.145. The first-order chi connectivity index (χ1) is 24.2. The van der Waals surface area contributed by atoms with Gasteiger partial charge in [0.05, 0.1) is 24.2 Å². The smallest absolute Gasteiger partial charge is 0.0587 e. The average molecular weight is 657 g/mol. The molecule has 0 aromatic heterocycles. The molecule has 0 bridgehead atoms. The van der Waals surface area contributed by atoms with Gasteiger partial charge in [0.1, 0.15) is 0 Å². The van der Waals surface area contributed by atoms with Crippen molar-refractivity contribution in [2.45, 2.75) is 79.6 Å². The maximum atomic E-state index is 4.34. The lowest BCUT2D eigenvalue weighted by molar-refractivity contribution is 0.345. The first kappa shape index (κ1) is 35.1. The number of benzene rings is 6. The molecule has 0 heterocycles. The van der Waals surface area contributed by atoms with E-state index >= 15 is 0 Å². The van der Waals surface area contributed by atoms with E-state index in [0.717, 1.165) is 0 Å². The van der Waals surface area contributed by atoms with E-state index in [4.69, 9.17) is 0 Å². The van der Waals surface area contributed by atoms with Crippen LogP contribution >= 0.6 is 0 Å². The Morgan fingerprint density at radius 2 is 0.560 bits per heavy atom. The van der Waals surface area contributed by atoms with Gasteiger partial charge >= 0.3 is 0 Å². The number of hydrogen-bond acceptors (Lipinski definition) is 2. The van der Waals surface area contributed by atoms with Crippen molar-refractivity contribution in [3.05, 3.63) is 211 Å². The van der Waals surface area contributed by atoms with Gasteiger partial charge in [-0.1, -0.05) is 133 Å². The second-order valence-corrected chi connectivity index (χ2v) is 14.1. The molecular weight excluding hydrogens is 605 g/mol. The van der Waals surface area contributed by atoms with Crippen LogP contribution in [0.5, 0.6) is 0 Å². The van der Waals surface area contributed by atoms with E-state index in [1.54, 1.807) is 0 Å². The molecule has 254 valence electrons. The molecule has 0 fully saturated rings. The Morgan fingerprint density at radius 1 is 0.300 bits per heavy atom. The summed E-state index contributed by atoms with van der Waals surface area (Å²) in [5, 5.41) is 8.67. The van der Waals surface area contributed by atoms with Gasteiger partial charge in [0.15, 0.2) is 0 Å². The van der Waals surface area contributed by atoms with Gasteiger partial charge in [-0.05, 0) is 133 Å². The van der Waals surface area contributed by atoms with E-state index in [1.807, 2.05) is 0 Å². The predicted octanol–water partition coefficient (Wildman–Crippen LogP) is 11.7. The van der Waals surface area contributed by atoms with Crippen molar-refractivity contribution >= 4 is 0 Å². The van der Waals surface area contributed by atoms with Crippen LogP contribution in [0.25, 0.3) is 0 Å². The van der Waals surface area contributed by atoms with Crippen molar-refractivity contribution in [3.8, 4) is 0 Å². The second kappa shape index (κ2) is 15.4. The van der Waals surface area contributed by atoms with Crippen molar-refractivity contribution < 1.29 is 0 Å². The zero-order valence-electron chi connectivity index (χ0n) is 31.0. The normalized spacial score (nSPS) is 12.8. The Kier molecular flexibility index (Phi) is 10.8. The van der Waals surface area contributed by atoms with E-state index in [9.17, 15) is 0 Å². The molecule has 6 rings (SSSR count). The van der Waals surface area contributed by atoms with Crippen LogP contribution in [0.1, 0.15) is 102 Å². The Morgan fingerprint density at radius 3 is 0.820 bits per heavy atom. The molecule has 0 aliphatic carbocycles. The van der Waals surface area contributed by atoms with Gasteiger partial charge < -0.3 is 0 Å². The molecule has 0 aliphatic rings. The van der Waals surface area contributed by atoms with Gasteiger partial charge in [-0.2, -0.15) is 0 Å². The largest absolute Gasteiger partial charge is 0.298 e. The SMILES string of the molecule is Cc1cccc(C(N[C@@H](c2ccccc2)[C@@H](NC(c2cccc(C)c2C)c2cccc(C)c2C)c2ccccc2)c2cccc(C)c2C)c1C. The Bertz CT molecular complexity index is 1810. The Hall–Kier alpha value is -4.76. The first-order valence-electron chi connectivity index (χ1n) is 18.0. The van der Waals surface area contributed by atoms with Crippen molar-refractivity contribution in [3.63, 3.8) is 0 Å². The van der Waals surface area contributed by atoms with E-state index in [1.165, 1.54) is 77.9 Å². The van der Waals surface area contributed by atoms with Crippen molar-refractivity contribution in [1.82, 2.24) is 10.6 Å². The summed E-state index contributed by atoms with van der Waals surface area (Å²) in [6, 6.07) is 48.8.